The Balaban J connectivity index is 2.79. The summed E-state index contributed by atoms with van der Waals surface area (Å²) < 4.78 is 0. The van der Waals surface area contributed by atoms with Crippen LogP contribution < -0.4 is 0 Å². The minimum absolute atomic E-state index is 0.183. The van der Waals surface area contributed by atoms with Crippen LogP contribution in [0.2, 0.25) is 0 Å². The van der Waals surface area contributed by atoms with Gasteiger partial charge in [-0.05, 0) is 24.3 Å². The fourth-order valence-electron chi connectivity index (χ4n) is 1.22. The van der Waals surface area contributed by atoms with Gasteiger partial charge in [-0.2, -0.15) is 0 Å². The first-order valence-electron chi connectivity index (χ1n) is 3.85. The van der Waals surface area contributed by atoms with Gasteiger partial charge in [0.2, 0.25) is 0 Å². The molecule has 13 heavy (non-hydrogen) atoms. The van der Waals surface area contributed by atoms with Gasteiger partial charge in [0.05, 0.1) is 5.52 Å². The quantitative estimate of drug-likeness (QED) is 0.668. The lowest BCUT2D eigenvalue weighted by atomic mass is 10.2. The lowest BCUT2D eigenvalue weighted by molar-refractivity contribution is 0.111. The van der Waals surface area contributed by atoms with Crippen LogP contribution in [0.5, 0.6) is 5.75 Å². The normalized spacial score (nSPS) is 10.2. The third-order valence-electron chi connectivity index (χ3n) is 1.85. The van der Waals surface area contributed by atoms with Crippen molar-refractivity contribution >= 4 is 17.2 Å². The number of pyridine rings is 1. The molecule has 2 rings (SSSR count). The summed E-state index contributed by atoms with van der Waals surface area (Å²) in [6.45, 7) is 0. The van der Waals surface area contributed by atoms with E-state index in [0.29, 0.717) is 22.9 Å². The monoisotopic (exact) mass is 173 g/mol. The van der Waals surface area contributed by atoms with E-state index in [4.69, 9.17) is 0 Å². The van der Waals surface area contributed by atoms with Gasteiger partial charge in [-0.3, -0.25) is 4.79 Å². The number of hydrogen-bond donors (Lipinski definition) is 1. The van der Waals surface area contributed by atoms with Crippen LogP contribution >= 0.6 is 0 Å². The fraction of sp³-hybridized carbons (Fsp3) is 0. The zero-order chi connectivity index (χ0) is 9.26. The molecule has 0 aliphatic carbocycles. The molecule has 0 spiro atoms. The molecule has 3 heteroatoms. The number of carbonyl (C=O) groups is 1. The number of rotatable bonds is 1. The van der Waals surface area contributed by atoms with Crippen molar-refractivity contribution in [1.29, 1.82) is 0 Å². The average molecular weight is 173 g/mol. The van der Waals surface area contributed by atoms with Crippen LogP contribution in [0.25, 0.3) is 10.9 Å². The van der Waals surface area contributed by atoms with Crippen LogP contribution in [0.1, 0.15) is 10.5 Å². The Labute approximate surface area is 74.7 Å². The summed E-state index contributed by atoms with van der Waals surface area (Å²) in [4.78, 5) is 14.4. The minimum Gasteiger partial charge on any atom is -0.507 e. The van der Waals surface area contributed by atoms with Crippen molar-refractivity contribution in [3.63, 3.8) is 0 Å². The van der Waals surface area contributed by atoms with Gasteiger partial charge in [-0.25, -0.2) is 4.98 Å². The molecule has 3 nitrogen and oxygen atoms in total. The number of carbonyl (C=O) groups excluding carboxylic acids is 1. The highest BCUT2D eigenvalue weighted by Gasteiger charge is 2.00. The number of nitrogens with zero attached hydrogens (tertiary/aromatic N) is 1. The predicted molar refractivity (Wildman–Crippen MR) is 48.8 cm³/mol. The van der Waals surface area contributed by atoms with E-state index in [2.05, 4.69) is 4.98 Å². The molecule has 1 heterocycles. The molecule has 0 atom stereocenters. The Morgan fingerprint density at radius 2 is 2.08 bits per heavy atom. The van der Waals surface area contributed by atoms with Gasteiger partial charge in [-0.15, -0.1) is 0 Å². The van der Waals surface area contributed by atoms with Crippen molar-refractivity contribution in [3.05, 3.63) is 36.0 Å². The van der Waals surface area contributed by atoms with Crippen molar-refractivity contribution in [1.82, 2.24) is 4.98 Å². The van der Waals surface area contributed by atoms with Crippen molar-refractivity contribution in [2.75, 3.05) is 0 Å². The number of phenolic OH excluding ortho intramolecular Hbond substituents is 1. The number of aldehydes is 1. The maximum atomic E-state index is 10.4. The van der Waals surface area contributed by atoms with Crippen molar-refractivity contribution < 1.29 is 9.90 Å². The first kappa shape index (κ1) is 7.73. The van der Waals surface area contributed by atoms with Crippen LogP contribution in [0.3, 0.4) is 0 Å². The summed E-state index contributed by atoms with van der Waals surface area (Å²) in [6.07, 6.45) is 0.684. The SMILES string of the molecule is O=Cc1ccc2c(O)cccc2n1. The van der Waals surface area contributed by atoms with Crippen molar-refractivity contribution in [3.8, 4) is 5.75 Å². The van der Waals surface area contributed by atoms with Crippen molar-refractivity contribution in [2.24, 2.45) is 0 Å². The highest BCUT2D eigenvalue weighted by Crippen LogP contribution is 2.22. The molecule has 0 aliphatic rings. The minimum atomic E-state index is 0.183. The zero-order valence-electron chi connectivity index (χ0n) is 6.77. The Morgan fingerprint density at radius 1 is 1.23 bits per heavy atom. The summed E-state index contributed by atoms with van der Waals surface area (Å²) in [7, 11) is 0. The smallest absolute Gasteiger partial charge is 0.168 e. The number of aromatic hydroxyl groups is 1. The zero-order valence-corrected chi connectivity index (χ0v) is 6.77. The molecule has 1 aromatic heterocycles. The largest absolute Gasteiger partial charge is 0.507 e. The Hall–Kier alpha value is -1.90. The summed E-state index contributed by atoms with van der Waals surface area (Å²) in [5, 5.41) is 10.1. The van der Waals surface area contributed by atoms with Crippen LogP contribution in [0, 0.1) is 0 Å². The van der Waals surface area contributed by atoms with Crippen molar-refractivity contribution in [2.45, 2.75) is 0 Å². The second kappa shape index (κ2) is 2.86. The first-order valence-corrected chi connectivity index (χ1v) is 3.85. The van der Waals surface area contributed by atoms with Gasteiger partial charge in [0.15, 0.2) is 6.29 Å². The fourth-order valence-corrected chi connectivity index (χ4v) is 1.22. The maximum absolute atomic E-state index is 10.4. The van der Waals surface area contributed by atoms with Crippen LogP contribution in [0.4, 0.5) is 0 Å². The Morgan fingerprint density at radius 3 is 2.85 bits per heavy atom. The molecule has 1 N–H and O–H groups in total. The van der Waals surface area contributed by atoms with Gasteiger partial charge >= 0.3 is 0 Å². The third-order valence-corrected chi connectivity index (χ3v) is 1.85. The molecular formula is C10H7NO2. The second-order valence-electron chi connectivity index (χ2n) is 2.70. The summed E-state index contributed by atoms with van der Waals surface area (Å²) in [5.74, 6) is 0.183. The van der Waals surface area contributed by atoms with Gasteiger partial charge in [0.25, 0.3) is 0 Å². The molecular weight excluding hydrogens is 166 g/mol. The van der Waals surface area contributed by atoms with E-state index in [1.165, 1.54) is 0 Å². The predicted octanol–water partition coefficient (Wildman–Crippen LogP) is 1.75. The molecule has 0 saturated carbocycles. The average Bonchev–Trinajstić information content (AvgIpc) is 2.18. The van der Waals surface area contributed by atoms with E-state index in [1.807, 2.05) is 0 Å². The molecule has 0 amide bonds. The summed E-state index contributed by atoms with van der Waals surface area (Å²) >= 11 is 0. The van der Waals surface area contributed by atoms with Crippen LogP contribution in [-0.4, -0.2) is 16.4 Å². The second-order valence-corrected chi connectivity index (χ2v) is 2.70. The molecule has 0 unspecified atom stereocenters. The number of hydrogen-bond acceptors (Lipinski definition) is 3. The number of benzene rings is 1. The van der Waals surface area contributed by atoms with Gasteiger partial charge in [0, 0.05) is 5.39 Å². The van der Waals surface area contributed by atoms with Gasteiger partial charge in [-0.1, -0.05) is 6.07 Å². The van der Waals surface area contributed by atoms with Crippen LogP contribution in [-0.2, 0) is 0 Å². The standard InChI is InChI=1S/C10H7NO2/c12-6-7-4-5-8-9(11-7)2-1-3-10(8)13/h1-6,13H. The number of phenols is 1. The highest BCUT2D eigenvalue weighted by molar-refractivity contribution is 5.87. The van der Waals surface area contributed by atoms with Crippen LogP contribution in [0.15, 0.2) is 30.3 Å². The van der Waals surface area contributed by atoms with E-state index in [9.17, 15) is 9.90 Å². The van der Waals surface area contributed by atoms with E-state index >= 15 is 0 Å². The first-order chi connectivity index (χ1) is 6.31. The Bertz CT molecular complexity index is 465. The Kier molecular flexibility index (Phi) is 1.70. The van der Waals surface area contributed by atoms with E-state index < -0.39 is 0 Å². The van der Waals surface area contributed by atoms with Gasteiger partial charge < -0.3 is 5.11 Å². The molecule has 0 aliphatic heterocycles. The lowest BCUT2D eigenvalue weighted by Gasteiger charge is -1.99. The number of fused-ring (bicyclic) bond motifs is 1. The molecule has 2 aromatic rings. The summed E-state index contributed by atoms with van der Waals surface area (Å²) in [5.41, 5.74) is 1.00. The molecule has 1 aromatic carbocycles. The summed E-state index contributed by atoms with van der Waals surface area (Å²) in [6, 6.07) is 8.29. The molecule has 64 valence electrons. The molecule has 0 radical (unpaired) electrons. The lowest BCUT2D eigenvalue weighted by Crippen LogP contribution is -1.86. The van der Waals surface area contributed by atoms with E-state index in [1.54, 1.807) is 30.3 Å². The third kappa shape index (κ3) is 1.24. The topological polar surface area (TPSA) is 50.2 Å². The molecule has 0 saturated heterocycles. The van der Waals surface area contributed by atoms with Gasteiger partial charge in [0.1, 0.15) is 11.4 Å². The molecule has 0 bridgehead atoms. The van der Waals surface area contributed by atoms with E-state index in [-0.39, 0.29) is 5.75 Å². The number of aromatic nitrogens is 1. The maximum Gasteiger partial charge on any atom is 0.168 e. The highest BCUT2D eigenvalue weighted by atomic mass is 16.3. The molecule has 0 fully saturated rings. The van der Waals surface area contributed by atoms with E-state index in [0.717, 1.165) is 0 Å².